The van der Waals surface area contributed by atoms with Gasteiger partial charge >= 0.3 is 0 Å². The molecular formula is C14H22N4O. The summed E-state index contributed by atoms with van der Waals surface area (Å²) in [6, 6.07) is 2.11. The molecule has 2 rings (SSSR count). The van der Waals surface area contributed by atoms with Crippen molar-refractivity contribution in [3.8, 4) is 0 Å². The third-order valence-corrected chi connectivity index (χ3v) is 3.72. The molecule has 1 aliphatic rings. The molecule has 0 radical (unpaired) electrons. The van der Waals surface area contributed by atoms with Crippen molar-refractivity contribution in [3.05, 3.63) is 23.0 Å². The number of rotatable bonds is 3. The fourth-order valence-corrected chi connectivity index (χ4v) is 2.68. The summed E-state index contributed by atoms with van der Waals surface area (Å²) in [5.74, 6) is 0.0775. The molecule has 1 saturated heterocycles. The van der Waals surface area contributed by atoms with Gasteiger partial charge in [0.15, 0.2) is 0 Å². The molecule has 0 spiro atoms. The van der Waals surface area contributed by atoms with Gasteiger partial charge in [0.1, 0.15) is 0 Å². The van der Waals surface area contributed by atoms with Crippen LogP contribution >= 0.6 is 0 Å². The molecule has 104 valence electrons. The summed E-state index contributed by atoms with van der Waals surface area (Å²) in [5, 5.41) is 8.02. The summed E-state index contributed by atoms with van der Waals surface area (Å²) < 4.78 is 0. The lowest BCUT2D eigenvalue weighted by atomic mass is 9.98. The number of nitrogens with zero attached hydrogens (tertiary/aromatic N) is 3. The number of aryl methyl sites for hydroxylation is 2. The molecule has 1 unspecified atom stereocenters. The molecule has 1 aromatic heterocycles. The van der Waals surface area contributed by atoms with E-state index in [9.17, 15) is 4.79 Å². The largest absolute Gasteiger partial charge is 0.336 e. The Morgan fingerprint density at radius 3 is 2.95 bits per heavy atom. The van der Waals surface area contributed by atoms with Gasteiger partial charge in [-0.1, -0.05) is 0 Å². The minimum atomic E-state index is 0.0775. The van der Waals surface area contributed by atoms with Gasteiger partial charge in [0.05, 0.1) is 17.0 Å². The maximum Gasteiger partial charge on any atom is 0.256 e. The molecule has 19 heavy (non-hydrogen) atoms. The zero-order valence-electron chi connectivity index (χ0n) is 11.7. The van der Waals surface area contributed by atoms with E-state index in [2.05, 4.69) is 10.2 Å². The highest BCUT2D eigenvalue weighted by Crippen LogP contribution is 2.22. The maximum atomic E-state index is 12.7. The van der Waals surface area contributed by atoms with E-state index in [0.717, 1.165) is 31.5 Å². The summed E-state index contributed by atoms with van der Waals surface area (Å²) >= 11 is 0. The molecule has 2 heterocycles. The fraction of sp³-hybridized carbons (Fsp3) is 0.643. The monoisotopic (exact) mass is 262 g/mol. The Bertz CT molecular complexity index is 459. The number of amides is 1. The van der Waals surface area contributed by atoms with Crippen molar-refractivity contribution in [2.45, 2.75) is 45.6 Å². The Labute approximate surface area is 114 Å². The first-order valence-electron chi connectivity index (χ1n) is 6.95. The van der Waals surface area contributed by atoms with Gasteiger partial charge in [-0.3, -0.25) is 4.79 Å². The molecule has 2 N–H and O–H groups in total. The molecule has 1 aliphatic heterocycles. The zero-order chi connectivity index (χ0) is 13.8. The first-order chi connectivity index (χ1) is 9.13. The fourth-order valence-electron chi connectivity index (χ4n) is 2.68. The summed E-state index contributed by atoms with van der Waals surface area (Å²) in [6.07, 6.45) is 4.19. The van der Waals surface area contributed by atoms with Crippen molar-refractivity contribution < 1.29 is 4.79 Å². The summed E-state index contributed by atoms with van der Waals surface area (Å²) in [4.78, 5) is 14.6. The Morgan fingerprint density at radius 2 is 2.21 bits per heavy atom. The van der Waals surface area contributed by atoms with Crippen molar-refractivity contribution >= 4 is 5.91 Å². The number of likely N-dealkylation sites (tertiary alicyclic amines) is 1. The average molecular weight is 262 g/mol. The first-order valence-corrected chi connectivity index (χ1v) is 6.95. The molecule has 1 amide bonds. The molecule has 1 aromatic rings. The van der Waals surface area contributed by atoms with Crippen molar-refractivity contribution in [1.82, 2.24) is 15.1 Å². The molecule has 5 heteroatoms. The highest BCUT2D eigenvalue weighted by atomic mass is 16.2. The van der Waals surface area contributed by atoms with Crippen LogP contribution in [0.5, 0.6) is 0 Å². The van der Waals surface area contributed by atoms with E-state index < -0.39 is 0 Å². The topological polar surface area (TPSA) is 72.1 Å². The molecule has 0 aromatic carbocycles. The van der Waals surface area contributed by atoms with Crippen molar-refractivity contribution in [2.24, 2.45) is 5.73 Å². The maximum absolute atomic E-state index is 12.7. The van der Waals surface area contributed by atoms with Gasteiger partial charge in [-0.25, -0.2) is 0 Å². The Kier molecular flexibility index (Phi) is 4.47. The summed E-state index contributed by atoms with van der Waals surface area (Å²) in [6.45, 7) is 5.14. The second kappa shape index (κ2) is 6.10. The number of carbonyl (C=O) groups is 1. The zero-order valence-corrected chi connectivity index (χ0v) is 11.7. The predicted molar refractivity (Wildman–Crippen MR) is 73.9 cm³/mol. The third kappa shape index (κ3) is 3.10. The van der Waals surface area contributed by atoms with E-state index in [0.29, 0.717) is 17.8 Å². The highest BCUT2D eigenvalue weighted by Gasteiger charge is 2.28. The van der Waals surface area contributed by atoms with E-state index in [1.165, 1.54) is 6.42 Å². The molecule has 1 atom stereocenters. The highest BCUT2D eigenvalue weighted by molar-refractivity contribution is 5.95. The van der Waals surface area contributed by atoms with Crippen LogP contribution in [0.2, 0.25) is 0 Å². The van der Waals surface area contributed by atoms with Crippen molar-refractivity contribution in [1.29, 1.82) is 0 Å². The van der Waals surface area contributed by atoms with Gasteiger partial charge in [-0.15, -0.1) is 0 Å². The lowest BCUT2D eigenvalue weighted by molar-refractivity contribution is 0.0603. The average Bonchev–Trinajstić information content (AvgIpc) is 2.42. The molecular weight excluding hydrogens is 240 g/mol. The smallest absolute Gasteiger partial charge is 0.256 e. The Morgan fingerprint density at radius 1 is 1.42 bits per heavy atom. The van der Waals surface area contributed by atoms with Gasteiger partial charge in [-0.05, 0) is 52.1 Å². The van der Waals surface area contributed by atoms with Crippen LogP contribution < -0.4 is 5.73 Å². The van der Waals surface area contributed by atoms with Crippen LogP contribution in [0.15, 0.2) is 6.07 Å². The number of nitrogens with two attached hydrogens (primary N) is 1. The van der Waals surface area contributed by atoms with Gasteiger partial charge in [0, 0.05) is 12.6 Å². The number of carbonyl (C=O) groups excluding carboxylic acids is 1. The Hall–Kier alpha value is -1.49. The van der Waals surface area contributed by atoms with Crippen LogP contribution in [0.3, 0.4) is 0 Å². The number of piperidine rings is 1. The van der Waals surface area contributed by atoms with Crippen LogP contribution in [0.4, 0.5) is 0 Å². The second-order valence-electron chi connectivity index (χ2n) is 5.21. The van der Waals surface area contributed by atoms with Crippen molar-refractivity contribution in [2.75, 3.05) is 13.1 Å². The predicted octanol–water partition coefficient (Wildman–Crippen LogP) is 1.44. The first kappa shape index (κ1) is 13.9. The van der Waals surface area contributed by atoms with E-state index in [4.69, 9.17) is 5.73 Å². The molecule has 1 fully saturated rings. The SMILES string of the molecule is Cc1cc(C(=O)N2CCCCC2CCN)c(C)nn1. The van der Waals surface area contributed by atoms with E-state index >= 15 is 0 Å². The number of hydrogen-bond donors (Lipinski definition) is 1. The van der Waals surface area contributed by atoms with E-state index in [1.54, 1.807) is 0 Å². The quantitative estimate of drug-likeness (QED) is 0.894. The number of hydrogen-bond acceptors (Lipinski definition) is 4. The Balaban J connectivity index is 2.23. The molecule has 5 nitrogen and oxygen atoms in total. The van der Waals surface area contributed by atoms with Gasteiger partial charge in [0.25, 0.3) is 5.91 Å². The minimum absolute atomic E-state index is 0.0775. The molecule has 0 bridgehead atoms. The standard InChI is InChI=1S/C14H22N4O/c1-10-9-13(11(2)17-16-10)14(19)18-8-4-3-5-12(18)6-7-15/h9,12H,3-8,15H2,1-2H3. The van der Waals surface area contributed by atoms with Crippen molar-refractivity contribution in [3.63, 3.8) is 0 Å². The van der Waals surface area contributed by atoms with E-state index in [-0.39, 0.29) is 11.9 Å². The summed E-state index contributed by atoms with van der Waals surface area (Å²) in [5.41, 5.74) is 7.81. The third-order valence-electron chi connectivity index (χ3n) is 3.72. The van der Waals surface area contributed by atoms with Crippen LogP contribution in [0.25, 0.3) is 0 Å². The van der Waals surface area contributed by atoms with Crippen LogP contribution in [0.1, 0.15) is 47.4 Å². The van der Waals surface area contributed by atoms with Crippen LogP contribution in [0, 0.1) is 13.8 Å². The lowest BCUT2D eigenvalue weighted by Gasteiger charge is -2.36. The number of aromatic nitrogens is 2. The molecule has 0 aliphatic carbocycles. The van der Waals surface area contributed by atoms with Crippen LogP contribution in [-0.4, -0.2) is 40.1 Å². The second-order valence-corrected chi connectivity index (χ2v) is 5.21. The van der Waals surface area contributed by atoms with Gasteiger partial charge in [0.2, 0.25) is 0 Å². The van der Waals surface area contributed by atoms with E-state index in [1.807, 2.05) is 24.8 Å². The van der Waals surface area contributed by atoms with Gasteiger partial charge in [-0.2, -0.15) is 10.2 Å². The minimum Gasteiger partial charge on any atom is -0.336 e. The summed E-state index contributed by atoms with van der Waals surface area (Å²) in [7, 11) is 0. The molecule has 0 saturated carbocycles. The lowest BCUT2D eigenvalue weighted by Crippen LogP contribution is -2.45. The normalized spacial score (nSPS) is 19.5. The van der Waals surface area contributed by atoms with Gasteiger partial charge < -0.3 is 10.6 Å². The van der Waals surface area contributed by atoms with Crippen LogP contribution in [-0.2, 0) is 0 Å².